The number of halogens is 2. The summed E-state index contributed by atoms with van der Waals surface area (Å²) in [4.78, 5) is 11.3. The molecule has 20 heavy (non-hydrogen) atoms. The normalized spacial score (nSPS) is 12.0. The lowest BCUT2D eigenvalue weighted by atomic mass is 10.3. The van der Waals surface area contributed by atoms with Crippen molar-refractivity contribution >= 4 is 21.9 Å². The number of esters is 1. The predicted molar refractivity (Wildman–Crippen MR) is 73.2 cm³/mol. The van der Waals surface area contributed by atoms with Crippen molar-refractivity contribution in [3.8, 4) is 5.75 Å². The fourth-order valence-corrected chi connectivity index (χ4v) is 2.05. The molecule has 2 rings (SSSR count). The Morgan fingerprint density at radius 3 is 2.75 bits per heavy atom. The van der Waals surface area contributed by atoms with Crippen LogP contribution < -0.4 is 4.74 Å². The summed E-state index contributed by atoms with van der Waals surface area (Å²) in [6.45, 7) is 1.76. The first kappa shape index (κ1) is 14.6. The average Bonchev–Trinajstić information content (AvgIpc) is 2.90. The predicted octanol–water partition coefficient (Wildman–Crippen LogP) is 4.11. The van der Waals surface area contributed by atoms with Crippen LogP contribution in [0.25, 0.3) is 0 Å². The number of furan rings is 1. The van der Waals surface area contributed by atoms with E-state index in [1.165, 1.54) is 31.4 Å². The molecule has 1 atom stereocenters. The number of methoxy groups -OCH3 is 1. The maximum atomic E-state index is 13.0. The molecule has 6 heteroatoms. The van der Waals surface area contributed by atoms with E-state index in [2.05, 4.69) is 20.7 Å². The lowest BCUT2D eigenvalue weighted by Crippen LogP contribution is -2.03. The van der Waals surface area contributed by atoms with Gasteiger partial charge < -0.3 is 13.9 Å². The minimum atomic E-state index is -0.550. The number of rotatable bonds is 4. The number of ether oxygens (including phenoxy) is 2. The average molecular weight is 343 g/mol. The maximum absolute atomic E-state index is 13.0. The molecule has 0 N–H and O–H groups in total. The van der Waals surface area contributed by atoms with Gasteiger partial charge in [0.2, 0.25) is 5.76 Å². The number of hydrogen-bond acceptors (Lipinski definition) is 4. The molecule has 0 aliphatic heterocycles. The fraction of sp³-hybridized carbons (Fsp3) is 0.214. The number of hydrogen-bond donors (Lipinski definition) is 0. The van der Waals surface area contributed by atoms with Crippen LogP contribution in [-0.2, 0) is 4.74 Å². The van der Waals surface area contributed by atoms with Crippen LogP contribution in [0.1, 0.15) is 29.3 Å². The molecule has 0 saturated carbocycles. The summed E-state index contributed by atoms with van der Waals surface area (Å²) in [6, 6.07) is 7.27. The van der Waals surface area contributed by atoms with Crippen LogP contribution in [0.5, 0.6) is 5.75 Å². The summed E-state index contributed by atoms with van der Waals surface area (Å²) in [6.07, 6.45) is -0.435. The topological polar surface area (TPSA) is 48.7 Å². The van der Waals surface area contributed by atoms with Gasteiger partial charge in [0.15, 0.2) is 6.10 Å². The van der Waals surface area contributed by atoms with Gasteiger partial charge in [0.05, 0.1) is 11.6 Å². The van der Waals surface area contributed by atoms with E-state index in [-0.39, 0.29) is 11.6 Å². The van der Waals surface area contributed by atoms with E-state index in [4.69, 9.17) is 9.15 Å². The molecule has 1 aromatic heterocycles. The van der Waals surface area contributed by atoms with Gasteiger partial charge in [-0.1, -0.05) is 0 Å². The highest BCUT2D eigenvalue weighted by atomic mass is 79.9. The number of carbonyl (C=O) groups is 1. The largest absolute Gasteiger partial charge is 0.482 e. The molecule has 0 radical (unpaired) electrons. The van der Waals surface area contributed by atoms with Gasteiger partial charge in [-0.3, -0.25) is 0 Å². The van der Waals surface area contributed by atoms with Crippen LogP contribution in [0.2, 0.25) is 0 Å². The van der Waals surface area contributed by atoms with Crippen LogP contribution in [-0.4, -0.2) is 13.1 Å². The summed E-state index contributed by atoms with van der Waals surface area (Å²) < 4.78 is 29.0. The summed E-state index contributed by atoms with van der Waals surface area (Å²) in [5, 5.41) is 0. The van der Waals surface area contributed by atoms with E-state index >= 15 is 0 Å². The zero-order valence-electron chi connectivity index (χ0n) is 10.9. The molecule has 0 spiro atoms. The Morgan fingerprint density at radius 1 is 1.35 bits per heavy atom. The van der Waals surface area contributed by atoms with E-state index in [9.17, 15) is 9.18 Å². The van der Waals surface area contributed by atoms with Crippen LogP contribution >= 0.6 is 15.9 Å². The third-order valence-corrected chi connectivity index (χ3v) is 3.23. The van der Waals surface area contributed by atoms with Gasteiger partial charge in [-0.25, -0.2) is 9.18 Å². The highest BCUT2D eigenvalue weighted by Gasteiger charge is 2.17. The second-order valence-corrected chi connectivity index (χ2v) is 4.88. The Kier molecular flexibility index (Phi) is 4.44. The molecular formula is C14H12BrFO4. The zero-order valence-corrected chi connectivity index (χ0v) is 12.4. The molecular weight excluding hydrogens is 331 g/mol. The van der Waals surface area contributed by atoms with Crippen molar-refractivity contribution in [2.24, 2.45) is 0 Å². The van der Waals surface area contributed by atoms with Crippen molar-refractivity contribution < 1.29 is 23.1 Å². The van der Waals surface area contributed by atoms with Crippen molar-refractivity contribution in [2.45, 2.75) is 13.0 Å². The van der Waals surface area contributed by atoms with Gasteiger partial charge in [-0.15, -0.1) is 0 Å². The van der Waals surface area contributed by atoms with Crippen molar-refractivity contribution in [1.29, 1.82) is 0 Å². The first-order valence-electron chi connectivity index (χ1n) is 5.81. The molecule has 0 amide bonds. The summed E-state index contributed by atoms with van der Waals surface area (Å²) in [7, 11) is 1.28. The Morgan fingerprint density at radius 2 is 2.10 bits per heavy atom. The molecule has 4 nitrogen and oxygen atoms in total. The van der Waals surface area contributed by atoms with E-state index in [0.717, 1.165) is 0 Å². The molecule has 1 aromatic carbocycles. The Hall–Kier alpha value is -1.82. The first-order chi connectivity index (χ1) is 9.51. The standard InChI is InChI=1S/C14H12BrFO4/c1-8(11-5-6-13(20-11)14(17)18-2)19-12-4-3-9(16)7-10(12)15/h3-8H,1-2H3. The Labute approximate surface area is 123 Å². The molecule has 0 aliphatic rings. The SMILES string of the molecule is COC(=O)c1ccc(C(C)Oc2ccc(F)cc2Br)o1. The van der Waals surface area contributed by atoms with Crippen LogP contribution in [0.3, 0.4) is 0 Å². The van der Waals surface area contributed by atoms with Crippen molar-refractivity contribution in [3.05, 3.63) is 52.1 Å². The van der Waals surface area contributed by atoms with Crippen molar-refractivity contribution in [2.75, 3.05) is 7.11 Å². The summed E-state index contributed by atoms with van der Waals surface area (Å²) in [5.74, 6) is 0.155. The number of benzene rings is 1. The van der Waals surface area contributed by atoms with Crippen molar-refractivity contribution in [1.82, 2.24) is 0 Å². The monoisotopic (exact) mass is 342 g/mol. The molecule has 1 unspecified atom stereocenters. The molecule has 106 valence electrons. The van der Waals surface area contributed by atoms with Gasteiger partial charge >= 0.3 is 5.97 Å². The fourth-order valence-electron chi connectivity index (χ4n) is 1.60. The summed E-state index contributed by atoms with van der Waals surface area (Å²) >= 11 is 3.22. The molecule has 0 fully saturated rings. The number of carbonyl (C=O) groups excluding carboxylic acids is 1. The van der Waals surface area contributed by atoms with E-state index < -0.39 is 12.1 Å². The molecule has 2 aromatic rings. The molecule has 0 saturated heterocycles. The zero-order chi connectivity index (χ0) is 14.7. The lowest BCUT2D eigenvalue weighted by Gasteiger charge is -2.13. The van der Waals surface area contributed by atoms with E-state index in [0.29, 0.717) is 16.0 Å². The quantitative estimate of drug-likeness (QED) is 0.784. The van der Waals surface area contributed by atoms with Crippen LogP contribution in [0.4, 0.5) is 4.39 Å². The highest BCUT2D eigenvalue weighted by Crippen LogP contribution is 2.30. The minimum absolute atomic E-state index is 0.108. The van der Waals surface area contributed by atoms with Gasteiger partial charge in [-0.05, 0) is 53.2 Å². The lowest BCUT2D eigenvalue weighted by molar-refractivity contribution is 0.0558. The van der Waals surface area contributed by atoms with Crippen molar-refractivity contribution in [3.63, 3.8) is 0 Å². The minimum Gasteiger partial charge on any atom is -0.482 e. The van der Waals surface area contributed by atoms with Gasteiger partial charge in [0, 0.05) is 0 Å². The smallest absolute Gasteiger partial charge is 0.373 e. The third-order valence-electron chi connectivity index (χ3n) is 2.61. The second kappa shape index (κ2) is 6.09. The van der Waals surface area contributed by atoms with Gasteiger partial charge in [0.25, 0.3) is 0 Å². The first-order valence-corrected chi connectivity index (χ1v) is 6.60. The van der Waals surface area contributed by atoms with E-state index in [1.54, 1.807) is 13.0 Å². The maximum Gasteiger partial charge on any atom is 0.373 e. The Balaban J connectivity index is 2.13. The summed E-state index contributed by atoms with van der Waals surface area (Å²) in [5.41, 5.74) is 0. The molecule has 1 heterocycles. The van der Waals surface area contributed by atoms with Gasteiger partial charge in [0.1, 0.15) is 17.3 Å². The van der Waals surface area contributed by atoms with Gasteiger partial charge in [-0.2, -0.15) is 0 Å². The van der Waals surface area contributed by atoms with Crippen LogP contribution in [0.15, 0.2) is 39.2 Å². The Bertz CT molecular complexity index is 623. The molecule has 0 bridgehead atoms. The third kappa shape index (κ3) is 3.19. The van der Waals surface area contributed by atoms with Crippen LogP contribution in [0, 0.1) is 5.82 Å². The van der Waals surface area contributed by atoms with E-state index in [1.807, 2.05) is 0 Å². The second-order valence-electron chi connectivity index (χ2n) is 4.03. The highest BCUT2D eigenvalue weighted by molar-refractivity contribution is 9.10. The molecule has 0 aliphatic carbocycles.